The van der Waals surface area contributed by atoms with Gasteiger partial charge in [0.05, 0.1) is 23.6 Å². The fourth-order valence-corrected chi connectivity index (χ4v) is 1.84. The van der Waals surface area contributed by atoms with Gasteiger partial charge in [-0.3, -0.25) is 4.98 Å². The smallest absolute Gasteiger partial charge is 0.337 e. The summed E-state index contributed by atoms with van der Waals surface area (Å²) in [6.07, 6.45) is 4.37. The van der Waals surface area contributed by atoms with Crippen LogP contribution in [0.25, 0.3) is 0 Å². The molecule has 3 N–H and O–H groups in total. The molecule has 0 aromatic carbocycles. The quantitative estimate of drug-likeness (QED) is 0.707. The Kier molecular flexibility index (Phi) is 3.05. The monoisotopic (exact) mass is 222 g/mol. The maximum Gasteiger partial charge on any atom is 0.337 e. The van der Waals surface area contributed by atoms with Gasteiger partial charge in [-0.25, -0.2) is 4.79 Å². The Labute approximate surface area is 93.1 Å². The molecule has 0 amide bonds. The van der Waals surface area contributed by atoms with Crippen LogP contribution in [0.1, 0.15) is 23.2 Å². The Morgan fingerprint density at radius 3 is 2.94 bits per heavy atom. The molecule has 0 bridgehead atoms. The average Bonchev–Trinajstić information content (AvgIpc) is 2.23. The molecule has 0 aliphatic heterocycles. The number of carboxylic acid groups (broad SMARTS) is 1. The van der Waals surface area contributed by atoms with Gasteiger partial charge in [-0.2, -0.15) is 0 Å². The topological polar surface area (TPSA) is 82.5 Å². The molecule has 1 aromatic rings. The summed E-state index contributed by atoms with van der Waals surface area (Å²) in [4.78, 5) is 14.8. The molecule has 1 aromatic heterocycles. The lowest BCUT2D eigenvalue weighted by atomic mass is 9.82. The zero-order chi connectivity index (χ0) is 11.5. The number of anilines is 1. The van der Waals surface area contributed by atoms with E-state index in [1.54, 1.807) is 0 Å². The first-order chi connectivity index (χ1) is 7.66. The number of aromatic nitrogens is 1. The second-order valence-corrected chi connectivity index (χ2v) is 4.10. The lowest BCUT2D eigenvalue weighted by molar-refractivity contribution is 0.0486. The summed E-state index contributed by atoms with van der Waals surface area (Å²) in [5, 5.41) is 21.1. The second-order valence-electron chi connectivity index (χ2n) is 4.10. The number of hydrogen-bond donors (Lipinski definition) is 3. The van der Waals surface area contributed by atoms with Crippen molar-refractivity contribution in [1.29, 1.82) is 0 Å². The van der Waals surface area contributed by atoms with Crippen molar-refractivity contribution < 1.29 is 15.0 Å². The second kappa shape index (κ2) is 4.49. The molecule has 1 aliphatic carbocycles. The highest BCUT2D eigenvalue weighted by Crippen LogP contribution is 2.27. The van der Waals surface area contributed by atoms with Crippen molar-refractivity contribution in [2.24, 2.45) is 5.92 Å². The number of rotatable bonds is 4. The van der Waals surface area contributed by atoms with Crippen molar-refractivity contribution in [1.82, 2.24) is 4.98 Å². The molecule has 1 saturated carbocycles. The van der Waals surface area contributed by atoms with Crippen LogP contribution in [0.5, 0.6) is 0 Å². The molecule has 0 spiro atoms. The molecule has 0 unspecified atom stereocenters. The van der Waals surface area contributed by atoms with Gasteiger partial charge in [-0.1, -0.05) is 0 Å². The molecular weight excluding hydrogens is 208 g/mol. The fraction of sp³-hybridized carbons (Fsp3) is 0.455. The summed E-state index contributed by atoms with van der Waals surface area (Å²) in [6, 6.07) is 1.47. The first-order valence-corrected chi connectivity index (χ1v) is 5.26. The van der Waals surface area contributed by atoms with Gasteiger partial charge in [0.2, 0.25) is 0 Å². The number of aromatic carboxylic acids is 1. The predicted octanol–water partition coefficient (Wildman–Crippen LogP) is 0.963. The SMILES string of the molecule is O=C(O)c1ccncc1NCC1CC(O)C1. The van der Waals surface area contributed by atoms with E-state index < -0.39 is 5.97 Å². The first-order valence-electron chi connectivity index (χ1n) is 5.26. The normalized spacial score (nSPS) is 23.6. The van der Waals surface area contributed by atoms with Crippen molar-refractivity contribution >= 4 is 11.7 Å². The standard InChI is InChI=1S/C11H14N2O3/c14-8-3-7(4-8)5-13-10-6-12-2-1-9(10)11(15)16/h1-2,6-8,13-14H,3-5H2,(H,15,16). The van der Waals surface area contributed by atoms with E-state index in [9.17, 15) is 4.79 Å². The van der Waals surface area contributed by atoms with Gasteiger partial charge in [0.25, 0.3) is 0 Å². The third kappa shape index (κ3) is 2.30. The van der Waals surface area contributed by atoms with Crippen LogP contribution in [0.15, 0.2) is 18.5 Å². The molecule has 5 nitrogen and oxygen atoms in total. The van der Waals surface area contributed by atoms with Crippen LogP contribution in [-0.4, -0.2) is 33.8 Å². The Bertz CT molecular complexity index is 389. The lowest BCUT2D eigenvalue weighted by Crippen LogP contribution is -2.33. The molecule has 16 heavy (non-hydrogen) atoms. The largest absolute Gasteiger partial charge is 0.478 e. The van der Waals surface area contributed by atoms with Crippen LogP contribution in [0.2, 0.25) is 0 Å². The van der Waals surface area contributed by atoms with E-state index in [-0.39, 0.29) is 11.7 Å². The van der Waals surface area contributed by atoms with Gasteiger partial charge >= 0.3 is 5.97 Å². The summed E-state index contributed by atoms with van der Waals surface area (Å²) in [5.41, 5.74) is 0.770. The van der Waals surface area contributed by atoms with Gasteiger partial charge in [0, 0.05) is 12.7 Å². The maximum atomic E-state index is 10.9. The van der Waals surface area contributed by atoms with Crippen molar-refractivity contribution in [3.63, 3.8) is 0 Å². The number of nitrogens with zero attached hydrogens (tertiary/aromatic N) is 1. The molecule has 0 atom stereocenters. The number of nitrogens with one attached hydrogen (secondary N) is 1. The number of carboxylic acids is 1. The number of pyridine rings is 1. The average molecular weight is 222 g/mol. The highest BCUT2D eigenvalue weighted by molar-refractivity contribution is 5.93. The molecule has 5 heteroatoms. The minimum Gasteiger partial charge on any atom is -0.478 e. The number of aliphatic hydroxyl groups is 1. The van der Waals surface area contributed by atoms with Crippen molar-refractivity contribution in [3.8, 4) is 0 Å². The Balaban J connectivity index is 1.95. The summed E-state index contributed by atoms with van der Waals surface area (Å²) < 4.78 is 0. The van der Waals surface area contributed by atoms with Gasteiger partial charge in [-0.15, -0.1) is 0 Å². The summed E-state index contributed by atoms with van der Waals surface area (Å²) in [7, 11) is 0. The number of carbonyl (C=O) groups is 1. The van der Waals surface area contributed by atoms with Crippen LogP contribution in [0.3, 0.4) is 0 Å². The van der Waals surface area contributed by atoms with Gasteiger partial charge in [-0.05, 0) is 24.8 Å². The molecule has 86 valence electrons. The van der Waals surface area contributed by atoms with Gasteiger partial charge < -0.3 is 15.5 Å². The number of hydrogen-bond acceptors (Lipinski definition) is 4. The van der Waals surface area contributed by atoms with E-state index in [0.717, 1.165) is 12.8 Å². The molecule has 0 saturated heterocycles. The summed E-state index contributed by atoms with van der Waals surface area (Å²) in [6.45, 7) is 0.684. The Morgan fingerprint density at radius 2 is 2.31 bits per heavy atom. The van der Waals surface area contributed by atoms with Crippen LogP contribution < -0.4 is 5.32 Å². The molecule has 0 radical (unpaired) electrons. The molecular formula is C11H14N2O3. The summed E-state index contributed by atoms with van der Waals surface area (Å²) >= 11 is 0. The maximum absolute atomic E-state index is 10.9. The zero-order valence-electron chi connectivity index (χ0n) is 8.76. The van der Waals surface area contributed by atoms with E-state index in [0.29, 0.717) is 18.2 Å². The predicted molar refractivity (Wildman–Crippen MR) is 58.4 cm³/mol. The van der Waals surface area contributed by atoms with Gasteiger partial charge in [0.1, 0.15) is 0 Å². The van der Waals surface area contributed by atoms with E-state index in [2.05, 4.69) is 10.3 Å². The third-order valence-corrected chi connectivity index (χ3v) is 2.84. The minimum absolute atomic E-state index is 0.181. The van der Waals surface area contributed by atoms with Crippen LogP contribution in [-0.2, 0) is 0 Å². The van der Waals surface area contributed by atoms with Crippen LogP contribution in [0, 0.1) is 5.92 Å². The molecule has 1 heterocycles. The Morgan fingerprint density at radius 1 is 1.56 bits per heavy atom. The first kappa shape index (κ1) is 10.9. The van der Waals surface area contributed by atoms with Gasteiger partial charge in [0.15, 0.2) is 0 Å². The minimum atomic E-state index is -0.960. The van der Waals surface area contributed by atoms with Crippen molar-refractivity contribution in [3.05, 3.63) is 24.0 Å². The van der Waals surface area contributed by atoms with E-state index >= 15 is 0 Å². The van der Waals surface area contributed by atoms with Crippen molar-refractivity contribution in [2.75, 3.05) is 11.9 Å². The zero-order valence-corrected chi connectivity index (χ0v) is 8.76. The van der Waals surface area contributed by atoms with Crippen molar-refractivity contribution in [2.45, 2.75) is 18.9 Å². The van der Waals surface area contributed by atoms with E-state index in [1.165, 1.54) is 18.5 Å². The Hall–Kier alpha value is -1.62. The molecule has 1 aliphatic rings. The highest BCUT2D eigenvalue weighted by Gasteiger charge is 2.26. The number of aliphatic hydroxyl groups excluding tert-OH is 1. The van der Waals surface area contributed by atoms with Crippen LogP contribution >= 0.6 is 0 Å². The fourth-order valence-electron chi connectivity index (χ4n) is 1.84. The van der Waals surface area contributed by atoms with Crippen LogP contribution in [0.4, 0.5) is 5.69 Å². The third-order valence-electron chi connectivity index (χ3n) is 2.84. The summed E-state index contributed by atoms with van der Waals surface area (Å²) in [5.74, 6) is -0.532. The van der Waals surface area contributed by atoms with E-state index in [4.69, 9.17) is 10.2 Å². The van der Waals surface area contributed by atoms with E-state index in [1.807, 2.05) is 0 Å². The highest BCUT2D eigenvalue weighted by atomic mass is 16.4. The lowest BCUT2D eigenvalue weighted by Gasteiger charge is -2.31. The molecule has 2 rings (SSSR count). The molecule has 1 fully saturated rings.